The van der Waals surface area contributed by atoms with Crippen LogP contribution in [0, 0.1) is 5.92 Å². The minimum Gasteiger partial charge on any atom is -0.396 e. The maximum atomic E-state index is 13.1. The van der Waals surface area contributed by atoms with Gasteiger partial charge in [-0.3, -0.25) is 9.69 Å². The van der Waals surface area contributed by atoms with Crippen LogP contribution < -0.4 is 0 Å². The molecule has 152 valence electrons. The van der Waals surface area contributed by atoms with E-state index in [1.165, 1.54) is 11.5 Å². The third-order valence-corrected chi connectivity index (χ3v) is 6.71. The van der Waals surface area contributed by atoms with Gasteiger partial charge in [0.25, 0.3) is 5.91 Å². The molecule has 1 amide bonds. The predicted molar refractivity (Wildman–Crippen MR) is 107 cm³/mol. The first-order valence-corrected chi connectivity index (χ1v) is 11.0. The van der Waals surface area contributed by atoms with Gasteiger partial charge in [-0.15, -0.1) is 5.10 Å². The van der Waals surface area contributed by atoms with E-state index in [0.29, 0.717) is 12.0 Å². The second-order valence-electron chi connectivity index (χ2n) is 7.87. The molecule has 0 spiro atoms. The molecule has 0 radical (unpaired) electrons. The molecule has 1 N–H and O–H groups in total. The number of hydrogen-bond donors (Lipinski definition) is 1. The van der Waals surface area contributed by atoms with E-state index < -0.39 is 0 Å². The van der Waals surface area contributed by atoms with Crippen molar-refractivity contribution in [3.63, 3.8) is 0 Å². The Morgan fingerprint density at radius 1 is 1.26 bits per heavy atom. The Labute approximate surface area is 166 Å². The van der Waals surface area contributed by atoms with Crippen LogP contribution in [0.15, 0.2) is 0 Å². The minimum absolute atomic E-state index is 0.0966. The molecule has 0 aromatic carbocycles. The molecule has 3 rings (SSSR count). The smallest absolute Gasteiger partial charge is 0.267 e. The number of aliphatic hydroxyl groups is 1. The molecule has 0 aliphatic carbocycles. The van der Waals surface area contributed by atoms with Crippen LogP contribution in [-0.2, 0) is 6.42 Å². The van der Waals surface area contributed by atoms with Gasteiger partial charge >= 0.3 is 0 Å². The molecule has 2 saturated heterocycles. The Morgan fingerprint density at radius 2 is 2.04 bits per heavy atom. The van der Waals surface area contributed by atoms with Crippen molar-refractivity contribution in [2.45, 2.75) is 45.1 Å². The van der Waals surface area contributed by atoms with E-state index in [9.17, 15) is 9.90 Å². The van der Waals surface area contributed by atoms with Gasteiger partial charge < -0.3 is 14.9 Å². The Kier molecular flexibility index (Phi) is 7.57. The summed E-state index contributed by atoms with van der Waals surface area (Å²) in [7, 11) is 2.18. The first kappa shape index (κ1) is 20.6. The number of hydrogen-bond acceptors (Lipinski definition) is 7. The van der Waals surface area contributed by atoms with Crippen LogP contribution in [-0.4, -0.2) is 94.3 Å². The fraction of sp³-hybridized carbons (Fsp3) is 0.842. The van der Waals surface area contributed by atoms with Gasteiger partial charge in [0.05, 0.1) is 5.69 Å². The molecular formula is C19H33N5O2S. The number of carbonyl (C=O) groups is 1. The maximum Gasteiger partial charge on any atom is 0.267 e. The number of rotatable bonds is 7. The molecule has 2 atom stereocenters. The highest BCUT2D eigenvalue weighted by molar-refractivity contribution is 7.08. The number of nitrogens with zero attached hydrogens (tertiary/aromatic N) is 5. The summed E-state index contributed by atoms with van der Waals surface area (Å²) < 4.78 is 4.02. The molecule has 0 saturated carbocycles. The van der Waals surface area contributed by atoms with E-state index in [-0.39, 0.29) is 12.5 Å². The normalized spacial score (nSPS) is 25.1. The standard InChI is InChI=1S/C19H33N5O2S/c1-3-5-16-18(27-21-20-16)19(26)24-8-7-17(15(14-24)6-4-13-25)23-11-9-22(2)10-12-23/h15,17,25H,3-14H2,1-2H3/t15-,17+/m0/s1. The lowest BCUT2D eigenvalue weighted by molar-refractivity contribution is 0.0219. The van der Waals surface area contributed by atoms with Gasteiger partial charge in [0, 0.05) is 51.9 Å². The maximum absolute atomic E-state index is 13.1. The largest absolute Gasteiger partial charge is 0.396 e. The van der Waals surface area contributed by atoms with E-state index in [1.54, 1.807) is 0 Å². The highest BCUT2D eigenvalue weighted by atomic mass is 32.1. The van der Waals surface area contributed by atoms with Crippen molar-refractivity contribution in [3.05, 3.63) is 10.6 Å². The molecule has 2 aliphatic rings. The predicted octanol–water partition coefficient (Wildman–Crippen LogP) is 1.34. The number of carbonyl (C=O) groups excluding carboxylic acids is 1. The third-order valence-electron chi connectivity index (χ3n) is 5.96. The van der Waals surface area contributed by atoms with Gasteiger partial charge in [0.1, 0.15) is 4.88 Å². The topological polar surface area (TPSA) is 72.8 Å². The van der Waals surface area contributed by atoms with E-state index in [1.807, 2.05) is 4.90 Å². The van der Waals surface area contributed by atoms with E-state index >= 15 is 0 Å². The molecule has 0 bridgehead atoms. The molecule has 27 heavy (non-hydrogen) atoms. The van der Waals surface area contributed by atoms with Gasteiger partial charge in [-0.1, -0.05) is 17.8 Å². The Hall–Kier alpha value is -1.09. The molecule has 2 fully saturated rings. The summed E-state index contributed by atoms with van der Waals surface area (Å²) in [4.78, 5) is 20.8. The quantitative estimate of drug-likeness (QED) is 0.751. The lowest BCUT2D eigenvalue weighted by Gasteiger charge is -2.46. The average molecular weight is 396 g/mol. The monoisotopic (exact) mass is 395 g/mol. The highest BCUT2D eigenvalue weighted by Gasteiger charge is 2.36. The SMILES string of the molecule is CCCc1nnsc1C(=O)N1CC[C@@H](N2CCN(C)CC2)[C@@H](CCCO)C1. The molecule has 1 aromatic heterocycles. The number of piperidine rings is 1. The number of amides is 1. The minimum atomic E-state index is 0.0966. The van der Waals surface area contributed by atoms with Gasteiger partial charge in [-0.25, -0.2) is 0 Å². The van der Waals surface area contributed by atoms with Gasteiger partial charge in [-0.05, 0) is 50.2 Å². The summed E-state index contributed by atoms with van der Waals surface area (Å²) >= 11 is 1.23. The molecule has 1 aromatic rings. The van der Waals surface area contributed by atoms with Crippen LogP contribution in [0.1, 0.15) is 48.0 Å². The van der Waals surface area contributed by atoms with Gasteiger partial charge in [0.15, 0.2) is 0 Å². The first-order chi connectivity index (χ1) is 13.1. The van der Waals surface area contributed by atoms with Crippen molar-refractivity contribution in [1.29, 1.82) is 0 Å². The number of likely N-dealkylation sites (tertiary alicyclic amines) is 1. The summed E-state index contributed by atoms with van der Waals surface area (Å²) in [6.07, 6.45) is 4.57. The summed E-state index contributed by atoms with van der Waals surface area (Å²) in [6, 6.07) is 0.518. The molecule has 3 heterocycles. The van der Waals surface area contributed by atoms with Crippen molar-refractivity contribution in [3.8, 4) is 0 Å². The zero-order valence-electron chi connectivity index (χ0n) is 16.6. The fourth-order valence-electron chi connectivity index (χ4n) is 4.39. The summed E-state index contributed by atoms with van der Waals surface area (Å²) in [5, 5.41) is 13.5. The first-order valence-electron chi connectivity index (χ1n) is 10.3. The van der Waals surface area contributed by atoms with E-state index in [0.717, 1.165) is 81.9 Å². The van der Waals surface area contributed by atoms with E-state index in [4.69, 9.17) is 0 Å². The number of aryl methyl sites for hydroxylation is 1. The van der Waals surface area contributed by atoms with Crippen molar-refractivity contribution in [2.24, 2.45) is 5.92 Å². The lowest BCUT2D eigenvalue weighted by Crippen LogP contribution is -2.56. The van der Waals surface area contributed by atoms with Crippen LogP contribution in [0.4, 0.5) is 0 Å². The van der Waals surface area contributed by atoms with Crippen LogP contribution in [0.5, 0.6) is 0 Å². The number of aromatic nitrogens is 2. The van der Waals surface area contributed by atoms with E-state index in [2.05, 4.69) is 33.4 Å². The average Bonchev–Trinajstić information content (AvgIpc) is 3.15. The van der Waals surface area contributed by atoms with Crippen molar-refractivity contribution < 1.29 is 9.90 Å². The molecular weight excluding hydrogens is 362 g/mol. The van der Waals surface area contributed by atoms with Crippen LogP contribution in [0.3, 0.4) is 0 Å². The molecule has 0 unspecified atom stereocenters. The second-order valence-corrected chi connectivity index (χ2v) is 8.63. The van der Waals surface area contributed by atoms with Crippen molar-refractivity contribution in [1.82, 2.24) is 24.3 Å². The number of likely N-dealkylation sites (N-methyl/N-ethyl adjacent to an activating group) is 1. The third kappa shape index (κ3) is 5.04. The zero-order chi connectivity index (χ0) is 19.2. The lowest BCUT2D eigenvalue weighted by atomic mass is 9.86. The van der Waals surface area contributed by atoms with Crippen LogP contribution in [0.25, 0.3) is 0 Å². The molecule has 8 heteroatoms. The fourth-order valence-corrected chi connectivity index (χ4v) is 5.07. The molecule has 2 aliphatic heterocycles. The Morgan fingerprint density at radius 3 is 2.74 bits per heavy atom. The van der Waals surface area contributed by atoms with Gasteiger partial charge in [-0.2, -0.15) is 0 Å². The summed E-state index contributed by atoms with van der Waals surface area (Å²) in [5.74, 6) is 0.521. The highest BCUT2D eigenvalue weighted by Crippen LogP contribution is 2.29. The summed E-state index contributed by atoms with van der Waals surface area (Å²) in [5.41, 5.74) is 0.848. The number of piperazine rings is 1. The Bertz CT molecular complexity index is 603. The second kappa shape index (κ2) is 9.91. The summed E-state index contributed by atoms with van der Waals surface area (Å²) in [6.45, 7) is 8.32. The zero-order valence-corrected chi connectivity index (χ0v) is 17.5. The van der Waals surface area contributed by atoms with Gasteiger partial charge in [0.2, 0.25) is 0 Å². The van der Waals surface area contributed by atoms with Crippen LogP contribution in [0.2, 0.25) is 0 Å². The molecule has 7 nitrogen and oxygen atoms in total. The van der Waals surface area contributed by atoms with Crippen molar-refractivity contribution >= 4 is 17.4 Å². The van der Waals surface area contributed by atoms with Crippen LogP contribution >= 0.6 is 11.5 Å². The number of aliphatic hydroxyl groups excluding tert-OH is 1. The Balaban J connectivity index is 1.67. The van der Waals surface area contributed by atoms with Crippen molar-refractivity contribution in [2.75, 3.05) is 52.9 Å².